The van der Waals surface area contributed by atoms with Gasteiger partial charge in [-0.3, -0.25) is 24.4 Å². The van der Waals surface area contributed by atoms with Gasteiger partial charge in [-0.2, -0.15) is 0 Å². The van der Waals surface area contributed by atoms with Crippen molar-refractivity contribution in [2.24, 2.45) is 10.9 Å². The maximum atomic E-state index is 13.3. The van der Waals surface area contributed by atoms with Crippen molar-refractivity contribution in [3.63, 3.8) is 0 Å². The number of aromatic amines is 2. The number of aromatic nitrogens is 2. The maximum absolute atomic E-state index is 13.3. The lowest BCUT2D eigenvalue weighted by Crippen LogP contribution is -2.41. The van der Waals surface area contributed by atoms with E-state index in [2.05, 4.69) is 20.3 Å². The van der Waals surface area contributed by atoms with Gasteiger partial charge in [-0.05, 0) is 26.3 Å². The van der Waals surface area contributed by atoms with Crippen molar-refractivity contribution in [2.75, 3.05) is 5.32 Å². The lowest BCUT2D eigenvalue weighted by Gasteiger charge is -2.33. The summed E-state index contributed by atoms with van der Waals surface area (Å²) in [6.45, 7) is 4.90. The van der Waals surface area contributed by atoms with Crippen LogP contribution in [0.4, 0.5) is 5.82 Å². The van der Waals surface area contributed by atoms with Crippen LogP contribution in [0.5, 0.6) is 0 Å². The summed E-state index contributed by atoms with van der Waals surface area (Å²) in [5.74, 6) is -1.97. The smallest absolute Gasteiger partial charge is 0.326 e. The number of rotatable bonds is 2. The number of carbonyl (C=O) groups is 2. The lowest BCUT2D eigenvalue weighted by molar-refractivity contribution is -0.127. The summed E-state index contributed by atoms with van der Waals surface area (Å²) < 4.78 is 0. The molecule has 0 aliphatic carbocycles. The molecule has 0 saturated heterocycles. The number of anilines is 1. The number of fused-ring (bicyclic) bond motifs is 1. The van der Waals surface area contributed by atoms with Gasteiger partial charge in [0.15, 0.2) is 5.78 Å². The van der Waals surface area contributed by atoms with Gasteiger partial charge in [0.05, 0.1) is 17.1 Å². The van der Waals surface area contributed by atoms with Crippen LogP contribution >= 0.6 is 0 Å². The molecule has 8 heteroatoms. The Morgan fingerprint density at radius 3 is 2.36 bits per heavy atom. The van der Waals surface area contributed by atoms with Crippen LogP contribution in [0.1, 0.15) is 36.5 Å². The second-order valence-corrected chi connectivity index (χ2v) is 7.09. The Morgan fingerprint density at radius 2 is 1.71 bits per heavy atom. The summed E-state index contributed by atoms with van der Waals surface area (Å²) in [5.41, 5.74) is 1.31. The zero-order valence-electron chi connectivity index (χ0n) is 15.5. The molecule has 0 bridgehead atoms. The number of ketones is 2. The topological polar surface area (TPSA) is 124 Å². The fraction of sp³-hybridized carbons (Fsp3) is 0.250. The maximum Gasteiger partial charge on any atom is 0.327 e. The molecule has 8 nitrogen and oxygen atoms in total. The van der Waals surface area contributed by atoms with E-state index in [1.807, 2.05) is 31.2 Å². The van der Waals surface area contributed by atoms with Crippen LogP contribution in [0.3, 0.4) is 0 Å². The largest absolute Gasteiger partial charge is 0.327 e. The zero-order chi connectivity index (χ0) is 20.2. The SMILES string of the molecule is CC(=O)C1C(=O)C2=C(N=C1C)Nc1[nH]c(=O)[nH]c(=O)c1C2c1ccc(C)cc1. The number of hydrogen-bond acceptors (Lipinski definition) is 6. The highest BCUT2D eigenvalue weighted by molar-refractivity contribution is 6.27. The monoisotopic (exact) mass is 378 g/mol. The summed E-state index contributed by atoms with van der Waals surface area (Å²) in [6, 6.07) is 7.40. The molecule has 1 aromatic heterocycles. The van der Waals surface area contributed by atoms with Crippen molar-refractivity contribution < 1.29 is 9.59 Å². The van der Waals surface area contributed by atoms with Gasteiger partial charge in [0.25, 0.3) is 5.56 Å². The summed E-state index contributed by atoms with van der Waals surface area (Å²) in [5, 5.41) is 2.90. The van der Waals surface area contributed by atoms with Crippen molar-refractivity contribution in [1.29, 1.82) is 0 Å². The molecule has 2 atom stereocenters. The number of aliphatic imine (C=N–C) groups is 1. The Hall–Kier alpha value is -3.55. The molecule has 2 aliphatic rings. The standard InChI is InChI=1S/C20H18N4O4/c1-8-4-6-11(7-5-8)13-14-16(26)12(10(3)25)9(2)21-17(14)22-18-15(13)19(27)24-20(28)23-18/h4-7,12-13H,1-3H3,(H3,22,23,24,27,28). The molecule has 0 amide bonds. The molecule has 3 N–H and O–H groups in total. The quantitative estimate of drug-likeness (QED) is 0.681. The molecule has 3 heterocycles. The van der Waals surface area contributed by atoms with Crippen molar-refractivity contribution in [3.8, 4) is 0 Å². The van der Waals surface area contributed by atoms with Crippen LogP contribution in [0.2, 0.25) is 0 Å². The average molecular weight is 378 g/mol. The molecule has 28 heavy (non-hydrogen) atoms. The number of carbonyl (C=O) groups excluding carboxylic acids is 2. The molecular formula is C20H18N4O4. The van der Waals surface area contributed by atoms with E-state index in [-0.39, 0.29) is 34.3 Å². The molecule has 2 unspecified atom stereocenters. The van der Waals surface area contributed by atoms with Gasteiger partial charge in [0, 0.05) is 5.71 Å². The molecule has 0 radical (unpaired) electrons. The van der Waals surface area contributed by atoms with E-state index >= 15 is 0 Å². The van der Waals surface area contributed by atoms with Crippen LogP contribution in [0, 0.1) is 12.8 Å². The Labute approximate surface area is 159 Å². The first-order valence-electron chi connectivity index (χ1n) is 8.82. The highest BCUT2D eigenvalue weighted by Crippen LogP contribution is 2.42. The minimum atomic E-state index is -0.975. The van der Waals surface area contributed by atoms with Gasteiger partial charge in [0.1, 0.15) is 23.3 Å². The fourth-order valence-corrected chi connectivity index (χ4v) is 3.84. The number of hydrogen-bond donors (Lipinski definition) is 3. The summed E-state index contributed by atoms with van der Waals surface area (Å²) in [4.78, 5) is 59.0. The van der Waals surface area contributed by atoms with E-state index in [0.717, 1.165) is 5.56 Å². The number of allylic oxidation sites excluding steroid dienone is 1. The third-order valence-electron chi connectivity index (χ3n) is 5.11. The Bertz CT molecular complexity index is 1200. The van der Waals surface area contributed by atoms with Crippen molar-refractivity contribution >= 4 is 23.1 Å². The van der Waals surface area contributed by atoms with Gasteiger partial charge < -0.3 is 5.32 Å². The van der Waals surface area contributed by atoms with Crippen LogP contribution < -0.4 is 16.6 Å². The molecular weight excluding hydrogens is 360 g/mol. The Balaban J connectivity index is 2.03. The van der Waals surface area contributed by atoms with E-state index in [9.17, 15) is 19.2 Å². The number of H-pyrrole nitrogens is 2. The Kier molecular flexibility index (Phi) is 3.99. The van der Waals surface area contributed by atoms with Crippen molar-refractivity contribution in [2.45, 2.75) is 26.7 Å². The minimum absolute atomic E-state index is 0.198. The third-order valence-corrected chi connectivity index (χ3v) is 5.11. The molecule has 142 valence electrons. The van der Waals surface area contributed by atoms with E-state index < -0.39 is 23.1 Å². The van der Waals surface area contributed by atoms with E-state index in [0.29, 0.717) is 11.3 Å². The van der Waals surface area contributed by atoms with Crippen LogP contribution in [0.15, 0.2) is 50.2 Å². The lowest BCUT2D eigenvalue weighted by atomic mass is 9.76. The molecule has 0 spiro atoms. The number of aryl methyl sites for hydroxylation is 1. The summed E-state index contributed by atoms with van der Waals surface area (Å²) in [7, 11) is 0. The Morgan fingerprint density at radius 1 is 1.04 bits per heavy atom. The number of nitrogens with zero attached hydrogens (tertiary/aromatic N) is 1. The van der Waals surface area contributed by atoms with Crippen molar-refractivity contribution in [3.05, 3.63) is 73.2 Å². The van der Waals surface area contributed by atoms with Crippen LogP contribution in [-0.4, -0.2) is 27.2 Å². The van der Waals surface area contributed by atoms with Crippen LogP contribution in [0.25, 0.3) is 0 Å². The van der Waals surface area contributed by atoms with Gasteiger partial charge in [0.2, 0.25) is 0 Å². The van der Waals surface area contributed by atoms with E-state index in [1.165, 1.54) is 6.92 Å². The summed E-state index contributed by atoms with van der Waals surface area (Å²) in [6.07, 6.45) is 0. The number of nitrogens with one attached hydrogen (secondary N) is 3. The first-order valence-corrected chi connectivity index (χ1v) is 8.82. The molecule has 2 aliphatic heterocycles. The number of benzene rings is 1. The highest BCUT2D eigenvalue weighted by Gasteiger charge is 2.43. The van der Waals surface area contributed by atoms with Gasteiger partial charge in [-0.15, -0.1) is 0 Å². The average Bonchev–Trinajstić information content (AvgIpc) is 2.60. The second-order valence-electron chi connectivity index (χ2n) is 7.09. The molecule has 2 aromatic rings. The summed E-state index contributed by atoms with van der Waals surface area (Å²) >= 11 is 0. The second kappa shape index (κ2) is 6.26. The predicted molar refractivity (Wildman–Crippen MR) is 104 cm³/mol. The molecule has 0 fully saturated rings. The van der Waals surface area contributed by atoms with E-state index in [1.54, 1.807) is 6.92 Å². The normalized spacial score (nSPS) is 20.8. The third kappa shape index (κ3) is 2.65. The molecule has 4 rings (SSSR count). The first-order chi connectivity index (χ1) is 13.3. The van der Waals surface area contributed by atoms with Gasteiger partial charge in [-0.1, -0.05) is 29.8 Å². The highest BCUT2D eigenvalue weighted by atomic mass is 16.2. The van der Waals surface area contributed by atoms with Gasteiger partial charge in [-0.25, -0.2) is 9.79 Å². The van der Waals surface area contributed by atoms with Crippen LogP contribution in [-0.2, 0) is 9.59 Å². The molecule has 0 saturated carbocycles. The fourth-order valence-electron chi connectivity index (χ4n) is 3.84. The minimum Gasteiger partial charge on any atom is -0.326 e. The first kappa shape index (κ1) is 17.8. The zero-order valence-corrected chi connectivity index (χ0v) is 15.5. The molecule has 1 aromatic carbocycles. The van der Waals surface area contributed by atoms with Gasteiger partial charge >= 0.3 is 5.69 Å². The predicted octanol–water partition coefficient (Wildman–Crippen LogP) is 1.39. The van der Waals surface area contributed by atoms with E-state index in [4.69, 9.17) is 0 Å². The number of Topliss-reactive ketones (excluding diaryl/α,β-unsaturated/α-hetero) is 2. The van der Waals surface area contributed by atoms with Crippen molar-refractivity contribution in [1.82, 2.24) is 9.97 Å².